The van der Waals surface area contributed by atoms with Gasteiger partial charge in [-0.2, -0.15) is 0 Å². The number of benzene rings is 1. The molecule has 5 rings (SSSR count). The van der Waals surface area contributed by atoms with Gasteiger partial charge >= 0.3 is 5.69 Å². The highest BCUT2D eigenvalue weighted by Gasteiger charge is 2.22. The van der Waals surface area contributed by atoms with Crippen LogP contribution in [-0.2, 0) is 20.5 Å². The molecule has 0 saturated carbocycles. The van der Waals surface area contributed by atoms with Crippen LogP contribution in [0.25, 0.3) is 28.2 Å². The Morgan fingerprint density at radius 1 is 1.00 bits per heavy atom. The number of fused-ring (bicyclic) bond motifs is 1. The Bertz CT molecular complexity index is 1560. The molecule has 32 heavy (non-hydrogen) atoms. The monoisotopic (exact) mass is 429 g/mol. The molecule has 0 aliphatic heterocycles. The normalized spacial score (nSPS) is 11.3. The van der Waals surface area contributed by atoms with Crippen molar-refractivity contribution in [1.82, 2.24) is 23.5 Å². The number of nitrogens with zero attached hydrogens (tertiary/aromatic N) is 5. The van der Waals surface area contributed by atoms with Gasteiger partial charge in [0.25, 0.3) is 5.56 Å². The molecule has 1 aromatic carbocycles. The highest BCUT2D eigenvalue weighted by atomic mass is 16.3. The van der Waals surface area contributed by atoms with E-state index in [2.05, 4.69) is 4.98 Å². The molecular weight excluding hydrogens is 410 g/mol. The van der Waals surface area contributed by atoms with Crippen LogP contribution in [0.4, 0.5) is 0 Å². The van der Waals surface area contributed by atoms with Gasteiger partial charge in [-0.3, -0.25) is 13.8 Å². The van der Waals surface area contributed by atoms with Crippen LogP contribution in [0.15, 0.2) is 75.1 Å². The van der Waals surface area contributed by atoms with Crippen LogP contribution in [-0.4, -0.2) is 28.6 Å². The zero-order chi connectivity index (χ0) is 22.4. The van der Waals surface area contributed by atoms with Crippen LogP contribution in [0, 0.1) is 0 Å². The second-order valence-corrected chi connectivity index (χ2v) is 7.47. The van der Waals surface area contributed by atoms with Crippen LogP contribution < -0.4 is 11.2 Å². The van der Waals surface area contributed by atoms with Gasteiger partial charge in [-0.1, -0.05) is 30.3 Å². The van der Waals surface area contributed by atoms with E-state index in [9.17, 15) is 14.7 Å². The lowest BCUT2D eigenvalue weighted by atomic mass is 10.1. The van der Waals surface area contributed by atoms with E-state index < -0.39 is 11.2 Å². The number of aromatic hydroxyl groups is 1. The van der Waals surface area contributed by atoms with Gasteiger partial charge in [-0.05, 0) is 12.1 Å². The van der Waals surface area contributed by atoms with Crippen molar-refractivity contribution < 1.29 is 9.52 Å². The minimum Gasteiger partial charge on any atom is -0.493 e. The molecule has 0 unspecified atom stereocenters. The highest BCUT2D eigenvalue weighted by molar-refractivity contribution is 5.77. The molecule has 0 radical (unpaired) electrons. The standard InChI is InChI=1S/C23H19N5O4/c1-26-12-16(21(29)27(2)23(26)31)19-20-25-17(11-15-9-6-10-32-15)22(30)28(20)13-18(24-19)14-7-4-3-5-8-14/h3-10,12-13,30H,11H2,1-2H3. The number of furan rings is 1. The smallest absolute Gasteiger partial charge is 0.330 e. The molecule has 1 N–H and O–H groups in total. The van der Waals surface area contributed by atoms with Gasteiger partial charge in [0.1, 0.15) is 17.1 Å². The first kappa shape index (κ1) is 19.6. The topological polar surface area (TPSA) is 108 Å². The summed E-state index contributed by atoms with van der Waals surface area (Å²) in [5, 5.41) is 10.9. The number of aryl methyl sites for hydroxylation is 1. The van der Waals surface area contributed by atoms with Gasteiger partial charge in [-0.25, -0.2) is 14.8 Å². The minimum absolute atomic E-state index is 0.0705. The maximum atomic E-state index is 13.0. The van der Waals surface area contributed by atoms with Crippen LogP contribution in [0.5, 0.6) is 5.88 Å². The first-order valence-electron chi connectivity index (χ1n) is 9.90. The Hall–Kier alpha value is -4.40. The van der Waals surface area contributed by atoms with E-state index in [4.69, 9.17) is 9.40 Å². The fraction of sp³-hybridized carbons (Fsp3) is 0.130. The summed E-state index contributed by atoms with van der Waals surface area (Å²) in [6.07, 6.45) is 4.94. The SMILES string of the molecule is Cn1cc(-c2nc(-c3ccccc3)cn3c(O)c(Cc4ccco4)nc23)c(=O)n(C)c1=O. The van der Waals surface area contributed by atoms with Gasteiger partial charge in [0.2, 0.25) is 5.88 Å². The Kier molecular flexibility index (Phi) is 4.51. The highest BCUT2D eigenvalue weighted by Crippen LogP contribution is 2.30. The van der Waals surface area contributed by atoms with E-state index in [1.807, 2.05) is 30.3 Å². The second kappa shape index (κ2) is 7.38. The number of hydrogen-bond donors (Lipinski definition) is 1. The van der Waals surface area contributed by atoms with E-state index in [0.717, 1.165) is 10.1 Å². The van der Waals surface area contributed by atoms with Gasteiger partial charge < -0.3 is 14.1 Å². The maximum Gasteiger partial charge on any atom is 0.330 e. The Morgan fingerprint density at radius 2 is 1.78 bits per heavy atom. The molecule has 5 aromatic rings. The lowest BCUT2D eigenvalue weighted by Gasteiger charge is -2.10. The Morgan fingerprint density at radius 3 is 2.50 bits per heavy atom. The molecule has 0 atom stereocenters. The van der Waals surface area contributed by atoms with Crippen molar-refractivity contribution in [3.8, 4) is 28.4 Å². The van der Waals surface area contributed by atoms with Gasteiger partial charge in [-0.15, -0.1) is 0 Å². The summed E-state index contributed by atoms with van der Waals surface area (Å²) >= 11 is 0. The molecule has 0 aliphatic carbocycles. The maximum absolute atomic E-state index is 13.0. The summed E-state index contributed by atoms with van der Waals surface area (Å²) in [6.45, 7) is 0. The van der Waals surface area contributed by atoms with E-state index in [-0.39, 0.29) is 23.6 Å². The predicted molar refractivity (Wildman–Crippen MR) is 118 cm³/mol. The van der Waals surface area contributed by atoms with Crippen molar-refractivity contribution >= 4 is 5.65 Å². The summed E-state index contributed by atoms with van der Waals surface area (Å²) in [5.41, 5.74) is 1.56. The molecular formula is C23H19N5O4. The molecule has 4 heterocycles. The fourth-order valence-corrected chi connectivity index (χ4v) is 3.68. The van der Waals surface area contributed by atoms with Crippen molar-refractivity contribution in [1.29, 1.82) is 0 Å². The van der Waals surface area contributed by atoms with Gasteiger partial charge in [0.05, 0.1) is 23.9 Å². The first-order chi connectivity index (χ1) is 15.4. The number of hydrogen-bond acceptors (Lipinski definition) is 6. The Balaban J connectivity index is 1.83. The van der Waals surface area contributed by atoms with Crippen molar-refractivity contribution in [2.45, 2.75) is 6.42 Å². The van der Waals surface area contributed by atoms with Crippen LogP contribution in [0.2, 0.25) is 0 Å². The average molecular weight is 429 g/mol. The summed E-state index contributed by atoms with van der Waals surface area (Å²) < 4.78 is 9.24. The van der Waals surface area contributed by atoms with Crippen molar-refractivity contribution in [3.05, 3.63) is 93.4 Å². The van der Waals surface area contributed by atoms with E-state index in [0.29, 0.717) is 22.8 Å². The largest absolute Gasteiger partial charge is 0.493 e. The molecule has 4 aromatic heterocycles. The van der Waals surface area contributed by atoms with Gasteiger partial charge in [0.15, 0.2) is 5.65 Å². The van der Waals surface area contributed by atoms with Crippen LogP contribution in [0.1, 0.15) is 11.5 Å². The van der Waals surface area contributed by atoms with E-state index >= 15 is 0 Å². The number of aromatic nitrogens is 5. The van der Waals surface area contributed by atoms with Crippen LogP contribution >= 0.6 is 0 Å². The molecule has 0 fully saturated rings. The summed E-state index contributed by atoms with van der Waals surface area (Å²) in [5.74, 6) is 0.568. The second-order valence-electron chi connectivity index (χ2n) is 7.47. The molecule has 0 amide bonds. The summed E-state index contributed by atoms with van der Waals surface area (Å²) in [7, 11) is 2.98. The summed E-state index contributed by atoms with van der Waals surface area (Å²) in [6, 6.07) is 13.0. The lowest BCUT2D eigenvalue weighted by Crippen LogP contribution is -2.37. The Labute approximate surface area is 181 Å². The molecule has 0 aliphatic rings. The molecule has 9 heteroatoms. The van der Waals surface area contributed by atoms with Crippen molar-refractivity contribution in [2.24, 2.45) is 14.1 Å². The van der Waals surface area contributed by atoms with Crippen LogP contribution in [0.3, 0.4) is 0 Å². The van der Waals surface area contributed by atoms with E-state index in [1.165, 1.54) is 22.2 Å². The quantitative estimate of drug-likeness (QED) is 0.470. The predicted octanol–water partition coefficient (Wildman–Crippen LogP) is 2.35. The molecule has 160 valence electrons. The lowest BCUT2D eigenvalue weighted by molar-refractivity contribution is 0.438. The number of rotatable bonds is 4. The third-order valence-electron chi connectivity index (χ3n) is 5.34. The molecule has 0 bridgehead atoms. The van der Waals surface area contributed by atoms with Gasteiger partial charge in [0, 0.05) is 32.1 Å². The first-order valence-corrected chi connectivity index (χ1v) is 9.90. The van der Waals surface area contributed by atoms with Crippen molar-refractivity contribution in [3.63, 3.8) is 0 Å². The molecule has 0 spiro atoms. The zero-order valence-electron chi connectivity index (χ0n) is 17.4. The number of imidazole rings is 1. The summed E-state index contributed by atoms with van der Waals surface area (Å²) in [4.78, 5) is 34.5. The minimum atomic E-state index is -0.497. The average Bonchev–Trinajstić information content (AvgIpc) is 3.43. The third-order valence-corrected chi connectivity index (χ3v) is 5.34. The fourth-order valence-electron chi connectivity index (χ4n) is 3.68. The third kappa shape index (κ3) is 3.11. The van der Waals surface area contributed by atoms with Crippen molar-refractivity contribution in [2.75, 3.05) is 0 Å². The zero-order valence-corrected chi connectivity index (χ0v) is 17.4. The molecule has 9 nitrogen and oxygen atoms in total. The molecule has 0 saturated heterocycles. The van der Waals surface area contributed by atoms with E-state index in [1.54, 1.807) is 31.6 Å².